The standard InChI is InChI=1S/C9H16N2O/c1-8(2,12-5)6-9(3,7-10)11-4/h4,6H2,1-3,5H3. The molecular weight excluding hydrogens is 152 g/mol. The molecule has 3 nitrogen and oxygen atoms in total. The number of nitrogens with zero attached hydrogens (tertiary/aromatic N) is 2. The van der Waals surface area contributed by atoms with Crippen molar-refractivity contribution >= 4 is 6.72 Å². The lowest BCUT2D eigenvalue weighted by molar-refractivity contribution is 0.00565. The first-order valence-corrected chi connectivity index (χ1v) is 3.83. The minimum atomic E-state index is -0.737. The fourth-order valence-electron chi connectivity index (χ4n) is 1.03. The van der Waals surface area contributed by atoms with E-state index in [-0.39, 0.29) is 5.60 Å². The number of nitriles is 1. The predicted octanol–water partition coefficient (Wildman–Crippen LogP) is 1.78. The average molecular weight is 168 g/mol. The molecule has 0 bridgehead atoms. The van der Waals surface area contributed by atoms with Gasteiger partial charge in [-0.1, -0.05) is 0 Å². The van der Waals surface area contributed by atoms with Crippen molar-refractivity contribution in [3.05, 3.63) is 0 Å². The zero-order valence-corrected chi connectivity index (χ0v) is 8.22. The quantitative estimate of drug-likeness (QED) is 0.601. The Hall–Kier alpha value is -0.880. The van der Waals surface area contributed by atoms with E-state index in [1.807, 2.05) is 13.8 Å². The molecule has 0 N–H and O–H groups in total. The third-order valence-corrected chi connectivity index (χ3v) is 1.91. The van der Waals surface area contributed by atoms with Crippen LogP contribution in [0, 0.1) is 11.3 Å². The Morgan fingerprint density at radius 3 is 2.25 bits per heavy atom. The molecule has 3 heteroatoms. The minimum Gasteiger partial charge on any atom is -0.379 e. The first-order valence-electron chi connectivity index (χ1n) is 3.83. The van der Waals surface area contributed by atoms with Crippen LogP contribution in [0.2, 0.25) is 0 Å². The summed E-state index contributed by atoms with van der Waals surface area (Å²) in [5.74, 6) is 0. The maximum Gasteiger partial charge on any atom is 0.146 e. The van der Waals surface area contributed by atoms with Gasteiger partial charge in [0.1, 0.15) is 5.54 Å². The molecule has 0 aliphatic rings. The third kappa shape index (κ3) is 3.02. The van der Waals surface area contributed by atoms with Crippen molar-refractivity contribution in [2.45, 2.75) is 38.3 Å². The Morgan fingerprint density at radius 2 is 2.00 bits per heavy atom. The molecule has 12 heavy (non-hydrogen) atoms. The van der Waals surface area contributed by atoms with Gasteiger partial charge in [-0.15, -0.1) is 0 Å². The molecule has 0 heterocycles. The van der Waals surface area contributed by atoms with Crippen LogP contribution in [0.1, 0.15) is 27.2 Å². The number of ether oxygens (including phenoxy) is 1. The number of aliphatic imine (C=N–C) groups is 1. The summed E-state index contributed by atoms with van der Waals surface area (Å²) >= 11 is 0. The highest BCUT2D eigenvalue weighted by Gasteiger charge is 2.31. The van der Waals surface area contributed by atoms with E-state index in [0.29, 0.717) is 6.42 Å². The molecule has 1 unspecified atom stereocenters. The fraction of sp³-hybridized carbons (Fsp3) is 0.778. The van der Waals surface area contributed by atoms with Crippen LogP contribution in [0.3, 0.4) is 0 Å². The highest BCUT2D eigenvalue weighted by atomic mass is 16.5. The number of hydrogen-bond donors (Lipinski definition) is 0. The summed E-state index contributed by atoms with van der Waals surface area (Å²) in [5.41, 5.74) is -1.06. The molecule has 0 radical (unpaired) electrons. The van der Waals surface area contributed by atoms with Crippen LogP contribution in [0.4, 0.5) is 0 Å². The highest BCUT2D eigenvalue weighted by molar-refractivity contribution is 5.29. The van der Waals surface area contributed by atoms with E-state index in [2.05, 4.69) is 17.8 Å². The smallest absolute Gasteiger partial charge is 0.146 e. The van der Waals surface area contributed by atoms with Crippen LogP contribution in [-0.2, 0) is 4.74 Å². The van der Waals surface area contributed by atoms with Crippen molar-refractivity contribution < 1.29 is 4.74 Å². The number of methoxy groups -OCH3 is 1. The van der Waals surface area contributed by atoms with Gasteiger partial charge >= 0.3 is 0 Å². The van der Waals surface area contributed by atoms with E-state index < -0.39 is 5.54 Å². The molecule has 1 atom stereocenters. The summed E-state index contributed by atoms with van der Waals surface area (Å²) in [6.07, 6.45) is 0.552. The molecule has 0 aromatic carbocycles. The van der Waals surface area contributed by atoms with Gasteiger partial charge in [-0.05, 0) is 27.5 Å². The lowest BCUT2D eigenvalue weighted by atomic mass is 9.89. The van der Waals surface area contributed by atoms with Crippen molar-refractivity contribution in [2.75, 3.05) is 7.11 Å². The number of hydrogen-bond acceptors (Lipinski definition) is 3. The molecule has 0 aliphatic heterocycles. The largest absolute Gasteiger partial charge is 0.379 e. The Labute approximate surface area is 74.1 Å². The van der Waals surface area contributed by atoms with Gasteiger partial charge in [0.15, 0.2) is 0 Å². The molecule has 0 rings (SSSR count). The van der Waals surface area contributed by atoms with Gasteiger partial charge in [0.25, 0.3) is 0 Å². The van der Waals surface area contributed by atoms with Crippen LogP contribution in [-0.4, -0.2) is 25.0 Å². The van der Waals surface area contributed by atoms with Gasteiger partial charge in [0.2, 0.25) is 0 Å². The van der Waals surface area contributed by atoms with Crippen LogP contribution in [0.5, 0.6) is 0 Å². The molecule has 0 spiro atoms. The topological polar surface area (TPSA) is 45.4 Å². The van der Waals surface area contributed by atoms with Crippen molar-refractivity contribution in [3.63, 3.8) is 0 Å². The molecule has 68 valence electrons. The van der Waals surface area contributed by atoms with E-state index in [4.69, 9.17) is 10.00 Å². The molecule has 0 saturated carbocycles. The average Bonchev–Trinajstić information content (AvgIpc) is 2.04. The molecule has 0 aliphatic carbocycles. The maximum atomic E-state index is 8.80. The molecule has 0 fully saturated rings. The fourth-order valence-corrected chi connectivity index (χ4v) is 1.03. The van der Waals surface area contributed by atoms with E-state index >= 15 is 0 Å². The second kappa shape index (κ2) is 3.68. The van der Waals surface area contributed by atoms with E-state index in [9.17, 15) is 0 Å². The lowest BCUT2D eigenvalue weighted by Gasteiger charge is -2.28. The van der Waals surface area contributed by atoms with Gasteiger partial charge in [-0.25, -0.2) is 0 Å². The second-order valence-electron chi connectivity index (χ2n) is 3.68. The predicted molar refractivity (Wildman–Crippen MR) is 49.3 cm³/mol. The zero-order chi connectivity index (χ0) is 9.83. The first-order chi connectivity index (χ1) is 5.39. The van der Waals surface area contributed by atoms with Gasteiger partial charge in [-0.3, -0.25) is 4.99 Å². The summed E-state index contributed by atoms with van der Waals surface area (Å²) in [6.45, 7) is 8.99. The first kappa shape index (κ1) is 11.1. The maximum absolute atomic E-state index is 8.80. The third-order valence-electron chi connectivity index (χ3n) is 1.91. The summed E-state index contributed by atoms with van der Waals surface area (Å²) in [6, 6.07) is 2.11. The Balaban J connectivity index is 4.43. The van der Waals surface area contributed by atoms with Crippen LogP contribution in [0.25, 0.3) is 0 Å². The summed E-state index contributed by atoms with van der Waals surface area (Å²) in [7, 11) is 1.63. The van der Waals surface area contributed by atoms with Crippen molar-refractivity contribution in [2.24, 2.45) is 4.99 Å². The second-order valence-corrected chi connectivity index (χ2v) is 3.68. The highest BCUT2D eigenvalue weighted by Crippen LogP contribution is 2.24. The Morgan fingerprint density at radius 1 is 1.50 bits per heavy atom. The van der Waals surface area contributed by atoms with Crippen LogP contribution in [0.15, 0.2) is 4.99 Å². The van der Waals surface area contributed by atoms with Crippen LogP contribution < -0.4 is 0 Å². The molecule has 0 saturated heterocycles. The zero-order valence-electron chi connectivity index (χ0n) is 8.22. The van der Waals surface area contributed by atoms with Crippen molar-refractivity contribution in [1.82, 2.24) is 0 Å². The Kier molecular flexibility index (Phi) is 3.41. The van der Waals surface area contributed by atoms with Crippen molar-refractivity contribution in [3.8, 4) is 6.07 Å². The molecule has 0 amide bonds. The van der Waals surface area contributed by atoms with E-state index in [1.54, 1.807) is 14.0 Å². The SMILES string of the molecule is C=NC(C)(C#N)CC(C)(C)OC. The molecule has 0 aromatic rings. The van der Waals surface area contributed by atoms with Crippen molar-refractivity contribution in [1.29, 1.82) is 5.26 Å². The molecular formula is C9H16N2O. The minimum absolute atomic E-state index is 0.328. The van der Waals surface area contributed by atoms with E-state index in [0.717, 1.165) is 0 Å². The van der Waals surface area contributed by atoms with Gasteiger partial charge in [0, 0.05) is 13.5 Å². The van der Waals surface area contributed by atoms with Gasteiger partial charge < -0.3 is 4.74 Å². The summed E-state index contributed by atoms with van der Waals surface area (Å²) in [4.78, 5) is 3.78. The summed E-state index contributed by atoms with van der Waals surface area (Å²) in [5, 5.41) is 8.80. The Bertz CT molecular complexity index is 205. The van der Waals surface area contributed by atoms with Crippen LogP contribution >= 0.6 is 0 Å². The normalized spacial score (nSPS) is 16.2. The summed E-state index contributed by atoms with van der Waals surface area (Å²) < 4.78 is 5.20. The van der Waals surface area contributed by atoms with Gasteiger partial charge in [0.05, 0.1) is 11.7 Å². The monoisotopic (exact) mass is 168 g/mol. The van der Waals surface area contributed by atoms with Gasteiger partial charge in [-0.2, -0.15) is 5.26 Å². The lowest BCUT2D eigenvalue weighted by Crippen LogP contribution is -2.34. The van der Waals surface area contributed by atoms with E-state index in [1.165, 1.54) is 0 Å². The number of rotatable bonds is 4. The molecule has 0 aromatic heterocycles.